The van der Waals surface area contributed by atoms with E-state index in [0.29, 0.717) is 5.02 Å². The fourth-order valence-electron chi connectivity index (χ4n) is 1.52. The molecule has 88 valence electrons. The molecular formula is C11H9ClN2O3. The number of benzene rings is 1. The van der Waals surface area contributed by atoms with Crippen molar-refractivity contribution in [3.05, 3.63) is 35.0 Å². The average Bonchev–Trinajstić information content (AvgIpc) is 2.75. The Morgan fingerprint density at radius 1 is 1.35 bits per heavy atom. The molecule has 0 aliphatic heterocycles. The second-order valence-electron chi connectivity index (χ2n) is 3.44. The van der Waals surface area contributed by atoms with Gasteiger partial charge in [0.25, 0.3) is 5.91 Å². The van der Waals surface area contributed by atoms with Crippen molar-refractivity contribution in [1.29, 1.82) is 0 Å². The lowest BCUT2D eigenvalue weighted by Gasteiger charge is -2.05. The normalized spacial score (nSPS) is 10.4. The van der Waals surface area contributed by atoms with Gasteiger partial charge in [-0.05, 0) is 18.2 Å². The summed E-state index contributed by atoms with van der Waals surface area (Å²) in [5.41, 5.74) is 1.09. The number of H-pyrrole nitrogens is 1. The number of aliphatic carboxylic acids is 1. The maximum Gasteiger partial charge on any atom is 0.322 e. The van der Waals surface area contributed by atoms with E-state index in [1.807, 2.05) is 0 Å². The number of hydrogen-bond donors (Lipinski definition) is 3. The van der Waals surface area contributed by atoms with Gasteiger partial charge in [0.05, 0.1) is 10.6 Å². The van der Waals surface area contributed by atoms with E-state index in [1.54, 1.807) is 24.4 Å². The Hall–Kier alpha value is -2.01. The number of aromatic amines is 1. The monoisotopic (exact) mass is 252 g/mol. The van der Waals surface area contributed by atoms with Gasteiger partial charge in [0, 0.05) is 17.1 Å². The molecule has 0 radical (unpaired) electrons. The van der Waals surface area contributed by atoms with Crippen molar-refractivity contribution in [2.75, 3.05) is 6.54 Å². The highest BCUT2D eigenvalue weighted by atomic mass is 35.5. The molecule has 2 aromatic rings. The van der Waals surface area contributed by atoms with Gasteiger partial charge in [-0.1, -0.05) is 11.6 Å². The molecule has 6 heteroatoms. The summed E-state index contributed by atoms with van der Waals surface area (Å²) in [7, 11) is 0. The molecule has 0 saturated carbocycles. The first kappa shape index (κ1) is 11.5. The van der Waals surface area contributed by atoms with Crippen molar-refractivity contribution in [2.45, 2.75) is 0 Å². The molecule has 3 N–H and O–H groups in total. The average molecular weight is 253 g/mol. The summed E-state index contributed by atoms with van der Waals surface area (Å²) >= 11 is 6.06. The van der Waals surface area contributed by atoms with Crippen molar-refractivity contribution < 1.29 is 14.7 Å². The molecule has 0 atom stereocenters. The van der Waals surface area contributed by atoms with Crippen LogP contribution in [0.25, 0.3) is 10.9 Å². The molecule has 5 nitrogen and oxygen atoms in total. The third kappa shape index (κ3) is 2.24. The fraction of sp³-hybridized carbons (Fsp3) is 0.0909. The molecule has 1 amide bonds. The van der Waals surface area contributed by atoms with Crippen molar-refractivity contribution >= 4 is 34.4 Å². The minimum absolute atomic E-state index is 0.264. The van der Waals surface area contributed by atoms with E-state index >= 15 is 0 Å². The SMILES string of the molecule is O=C(O)CNC(=O)c1ccc2[nH]ccc2c1Cl. The van der Waals surface area contributed by atoms with E-state index in [0.717, 1.165) is 10.9 Å². The van der Waals surface area contributed by atoms with Gasteiger partial charge in [0.15, 0.2) is 0 Å². The van der Waals surface area contributed by atoms with Crippen LogP contribution in [0.3, 0.4) is 0 Å². The van der Waals surface area contributed by atoms with Crippen LogP contribution in [0.2, 0.25) is 5.02 Å². The van der Waals surface area contributed by atoms with Crippen molar-refractivity contribution in [3.63, 3.8) is 0 Å². The van der Waals surface area contributed by atoms with Gasteiger partial charge in [-0.25, -0.2) is 0 Å². The number of carbonyl (C=O) groups excluding carboxylic acids is 1. The highest BCUT2D eigenvalue weighted by Gasteiger charge is 2.13. The highest BCUT2D eigenvalue weighted by Crippen LogP contribution is 2.26. The van der Waals surface area contributed by atoms with Gasteiger partial charge in [-0.3, -0.25) is 9.59 Å². The van der Waals surface area contributed by atoms with Crippen molar-refractivity contribution in [2.24, 2.45) is 0 Å². The topological polar surface area (TPSA) is 82.2 Å². The zero-order valence-electron chi connectivity index (χ0n) is 8.66. The van der Waals surface area contributed by atoms with E-state index in [2.05, 4.69) is 10.3 Å². The van der Waals surface area contributed by atoms with Crippen LogP contribution in [0, 0.1) is 0 Å². The van der Waals surface area contributed by atoms with Crippen LogP contribution in [0.15, 0.2) is 24.4 Å². The van der Waals surface area contributed by atoms with Crippen LogP contribution in [0.4, 0.5) is 0 Å². The Balaban J connectivity index is 2.31. The first-order valence-corrected chi connectivity index (χ1v) is 5.23. The zero-order valence-corrected chi connectivity index (χ0v) is 9.41. The van der Waals surface area contributed by atoms with Gasteiger partial charge in [0.1, 0.15) is 6.54 Å². The standard InChI is InChI=1S/C11H9ClN2O3/c12-10-6-3-4-13-8(6)2-1-7(10)11(17)14-5-9(15)16/h1-4,13H,5H2,(H,14,17)(H,15,16). The lowest BCUT2D eigenvalue weighted by Crippen LogP contribution is -2.29. The van der Waals surface area contributed by atoms with E-state index in [1.165, 1.54) is 0 Å². The number of amides is 1. The maximum atomic E-state index is 11.7. The number of nitrogens with one attached hydrogen (secondary N) is 2. The third-order valence-electron chi connectivity index (χ3n) is 2.31. The Kier molecular flexibility index (Phi) is 3.01. The van der Waals surface area contributed by atoms with Gasteiger partial charge >= 0.3 is 5.97 Å². The molecule has 0 bridgehead atoms. The summed E-state index contributed by atoms with van der Waals surface area (Å²) in [6.45, 7) is -0.430. The number of carbonyl (C=O) groups is 2. The summed E-state index contributed by atoms with van der Waals surface area (Å²) in [5, 5.41) is 11.8. The van der Waals surface area contributed by atoms with Crippen LogP contribution in [0.1, 0.15) is 10.4 Å². The Labute approximate surface area is 101 Å². The van der Waals surface area contributed by atoms with E-state index in [9.17, 15) is 9.59 Å². The van der Waals surface area contributed by atoms with Crippen LogP contribution >= 0.6 is 11.6 Å². The molecule has 0 fully saturated rings. The summed E-state index contributed by atoms with van der Waals surface area (Å²) in [6.07, 6.45) is 1.72. The maximum absolute atomic E-state index is 11.7. The van der Waals surface area contributed by atoms with Gasteiger partial charge < -0.3 is 15.4 Å². The summed E-state index contributed by atoms with van der Waals surface area (Å²) < 4.78 is 0. The molecule has 0 unspecified atom stereocenters. The Morgan fingerprint density at radius 2 is 2.12 bits per heavy atom. The second kappa shape index (κ2) is 4.47. The smallest absolute Gasteiger partial charge is 0.322 e. The van der Waals surface area contributed by atoms with E-state index < -0.39 is 18.4 Å². The van der Waals surface area contributed by atoms with Crippen molar-refractivity contribution in [3.8, 4) is 0 Å². The van der Waals surface area contributed by atoms with Crippen LogP contribution in [-0.4, -0.2) is 28.5 Å². The quantitative estimate of drug-likeness (QED) is 0.777. The molecule has 0 aliphatic rings. The molecule has 2 rings (SSSR count). The first-order valence-electron chi connectivity index (χ1n) is 4.85. The number of fused-ring (bicyclic) bond motifs is 1. The Bertz CT molecular complexity index is 591. The molecular weight excluding hydrogens is 244 g/mol. The van der Waals surface area contributed by atoms with E-state index in [-0.39, 0.29) is 5.56 Å². The largest absolute Gasteiger partial charge is 0.480 e. The van der Waals surface area contributed by atoms with Gasteiger partial charge in [-0.15, -0.1) is 0 Å². The summed E-state index contributed by atoms with van der Waals surface area (Å²) in [6, 6.07) is 5.03. The third-order valence-corrected chi connectivity index (χ3v) is 2.72. The van der Waals surface area contributed by atoms with Gasteiger partial charge in [-0.2, -0.15) is 0 Å². The predicted molar refractivity (Wildman–Crippen MR) is 63.3 cm³/mol. The predicted octanol–water partition coefficient (Wildman–Crippen LogP) is 1.64. The van der Waals surface area contributed by atoms with E-state index in [4.69, 9.17) is 16.7 Å². The summed E-state index contributed by atoms with van der Waals surface area (Å²) in [4.78, 5) is 25.0. The molecule has 0 aliphatic carbocycles. The first-order chi connectivity index (χ1) is 8.09. The number of halogens is 1. The molecule has 1 aromatic heterocycles. The second-order valence-corrected chi connectivity index (χ2v) is 3.82. The minimum Gasteiger partial charge on any atom is -0.480 e. The molecule has 0 spiro atoms. The Morgan fingerprint density at radius 3 is 2.82 bits per heavy atom. The zero-order chi connectivity index (χ0) is 12.4. The lowest BCUT2D eigenvalue weighted by molar-refractivity contribution is -0.135. The molecule has 17 heavy (non-hydrogen) atoms. The highest BCUT2D eigenvalue weighted by molar-refractivity contribution is 6.38. The fourth-order valence-corrected chi connectivity index (χ4v) is 1.84. The molecule has 1 heterocycles. The minimum atomic E-state index is -1.10. The van der Waals surface area contributed by atoms with Crippen LogP contribution in [-0.2, 0) is 4.79 Å². The number of carboxylic acid groups (broad SMARTS) is 1. The summed E-state index contributed by atoms with van der Waals surface area (Å²) in [5.74, 6) is -1.60. The van der Waals surface area contributed by atoms with Crippen molar-refractivity contribution in [1.82, 2.24) is 10.3 Å². The lowest BCUT2D eigenvalue weighted by atomic mass is 10.1. The van der Waals surface area contributed by atoms with Gasteiger partial charge in [0.2, 0.25) is 0 Å². The number of carboxylic acids is 1. The number of aromatic nitrogens is 1. The number of hydrogen-bond acceptors (Lipinski definition) is 2. The van der Waals surface area contributed by atoms with Crippen LogP contribution < -0.4 is 5.32 Å². The molecule has 0 saturated heterocycles. The molecule has 1 aromatic carbocycles. The van der Waals surface area contributed by atoms with Crippen LogP contribution in [0.5, 0.6) is 0 Å². The number of rotatable bonds is 3.